The Morgan fingerprint density at radius 3 is 0.667 bits per heavy atom. The number of aromatic nitrogens is 7. The van der Waals surface area contributed by atoms with Crippen LogP contribution in [0.15, 0.2) is 212 Å². The van der Waals surface area contributed by atoms with Gasteiger partial charge in [0.15, 0.2) is 34.9 Å². The fourth-order valence-electron chi connectivity index (χ4n) is 7.14. The predicted molar refractivity (Wildman–Crippen MR) is 240 cm³/mol. The second-order valence-electron chi connectivity index (χ2n) is 14.2. The highest BCUT2D eigenvalue weighted by molar-refractivity contribution is 5.83. The summed E-state index contributed by atoms with van der Waals surface area (Å²) in [5.41, 5.74) is 10.8. The largest absolute Gasteiger partial charge is 0.248 e. The summed E-state index contributed by atoms with van der Waals surface area (Å²) in [4.78, 5) is 35.7. The molecule has 0 spiro atoms. The summed E-state index contributed by atoms with van der Waals surface area (Å²) in [7, 11) is 0. The van der Waals surface area contributed by atoms with Crippen molar-refractivity contribution >= 4 is 0 Å². The second kappa shape index (κ2) is 16.3. The van der Waals surface area contributed by atoms with Crippen LogP contribution in [-0.2, 0) is 0 Å². The zero-order chi connectivity index (χ0) is 40.1. The van der Waals surface area contributed by atoms with Crippen molar-refractivity contribution in [3.63, 3.8) is 0 Å². The van der Waals surface area contributed by atoms with Gasteiger partial charge in [-0.1, -0.05) is 182 Å². The molecule has 0 saturated heterocycles. The van der Waals surface area contributed by atoms with Gasteiger partial charge in [-0.3, -0.25) is 0 Å². The van der Waals surface area contributed by atoms with E-state index < -0.39 is 0 Å². The molecule has 0 atom stereocenters. The van der Waals surface area contributed by atoms with Crippen LogP contribution in [0.5, 0.6) is 0 Å². The van der Waals surface area contributed by atoms with Gasteiger partial charge in [-0.2, -0.15) is 0 Å². The van der Waals surface area contributed by atoms with E-state index in [1.54, 1.807) is 0 Å². The van der Waals surface area contributed by atoms with E-state index in [1.807, 2.05) is 158 Å². The molecule has 0 aliphatic heterocycles. The molecule has 3 heterocycles. The highest BCUT2D eigenvalue weighted by atomic mass is 15.0. The lowest BCUT2D eigenvalue weighted by molar-refractivity contribution is 1.07. The maximum Gasteiger partial charge on any atom is 0.164 e. The molecule has 0 bridgehead atoms. The third-order valence-corrected chi connectivity index (χ3v) is 10.1. The van der Waals surface area contributed by atoms with Gasteiger partial charge in [0.25, 0.3) is 0 Å². The lowest BCUT2D eigenvalue weighted by Crippen LogP contribution is -2.02. The summed E-state index contributed by atoms with van der Waals surface area (Å²) in [5.74, 6) is 3.34. The molecule has 0 saturated carbocycles. The SMILES string of the molecule is c1ccc(-c2cc(-c3cc(-c4nc(-c5ccccc5)nc(-c5ccccc5)n4)cc(-c4nc(-c5ccccc5)nc(-c5ccccc5)n4)c3)cc(-c3ccccc3)n2)cc1. The molecular weight excluding hydrogens is 735 g/mol. The molecule has 0 aliphatic carbocycles. The minimum atomic E-state index is 0.520. The van der Waals surface area contributed by atoms with Gasteiger partial charge in [-0.05, 0) is 41.5 Å². The Labute approximate surface area is 347 Å². The van der Waals surface area contributed by atoms with Gasteiger partial charge in [-0.15, -0.1) is 0 Å². The number of pyridine rings is 1. The van der Waals surface area contributed by atoms with Crippen molar-refractivity contribution in [1.29, 1.82) is 0 Å². The number of hydrogen-bond donors (Lipinski definition) is 0. The third kappa shape index (κ3) is 7.71. The first-order valence-corrected chi connectivity index (χ1v) is 19.7. The number of nitrogens with zero attached hydrogens (tertiary/aromatic N) is 7. The zero-order valence-electron chi connectivity index (χ0n) is 32.3. The Morgan fingerprint density at radius 2 is 0.383 bits per heavy atom. The van der Waals surface area contributed by atoms with Crippen molar-refractivity contribution in [2.24, 2.45) is 0 Å². The van der Waals surface area contributed by atoms with Crippen LogP contribution in [0, 0.1) is 0 Å². The van der Waals surface area contributed by atoms with Crippen LogP contribution in [-0.4, -0.2) is 34.9 Å². The van der Waals surface area contributed by atoms with Crippen molar-refractivity contribution in [2.75, 3.05) is 0 Å². The molecular formula is C53H35N7. The third-order valence-electron chi connectivity index (χ3n) is 10.1. The van der Waals surface area contributed by atoms with E-state index in [9.17, 15) is 0 Å². The Hall–Kier alpha value is -8.29. The van der Waals surface area contributed by atoms with E-state index in [-0.39, 0.29) is 0 Å². The zero-order valence-corrected chi connectivity index (χ0v) is 32.3. The summed E-state index contributed by atoms with van der Waals surface area (Å²) in [6.45, 7) is 0. The van der Waals surface area contributed by atoms with Crippen LogP contribution in [0.3, 0.4) is 0 Å². The molecule has 0 aliphatic rings. The highest BCUT2D eigenvalue weighted by Gasteiger charge is 2.19. The fourth-order valence-corrected chi connectivity index (χ4v) is 7.14. The Morgan fingerprint density at radius 1 is 0.167 bits per heavy atom. The molecule has 7 aromatic carbocycles. The summed E-state index contributed by atoms with van der Waals surface area (Å²) in [6.07, 6.45) is 0. The lowest BCUT2D eigenvalue weighted by Gasteiger charge is -2.14. The van der Waals surface area contributed by atoms with E-state index in [4.69, 9.17) is 34.9 Å². The second-order valence-corrected chi connectivity index (χ2v) is 14.2. The van der Waals surface area contributed by atoms with Crippen LogP contribution < -0.4 is 0 Å². The first-order chi connectivity index (χ1) is 29.7. The molecule has 0 fully saturated rings. The van der Waals surface area contributed by atoms with Crippen molar-refractivity contribution < 1.29 is 0 Å². The quantitative estimate of drug-likeness (QED) is 0.144. The van der Waals surface area contributed by atoms with Gasteiger partial charge >= 0.3 is 0 Å². The van der Waals surface area contributed by atoms with Crippen LogP contribution in [0.2, 0.25) is 0 Å². The lowest BCUT2D eigenvalue weighted by atomic mass is 9.96. The van der Waals surface area contributed by atoms with E-state index in [0.717, 1.165) is 67.0 Å². The molecule has 0 amide bonds. The monoisotopic (exact) mass is 769 g/mol. The molecule has 7 nitrogen and oxygen atoms in total. The summed E-state index contributed by atoms with van der Waals surface area (Å²) >= 11 is 0. The Balaban J connectivity index is 1.24. The maximum absolute atomic E-state index is 5.18. The van der Waals surface area contributed by atoms with Crippen molar-refractivity contribution in [3.05, 3.63) is 212 Å². The average Bonchev–Trinajstić information content (AvgIpc) is 3.35. The molecule has 282 valence electrons. The van der Waals surface area contributed by atoms with E-state index in [2.05, 4.69) is 54.6 Å². The van der Waals surface area contributed by atoms with Gasteiger partial charge in [-0.25, -0.2) is 34.9 Å². The molecule has 10 rings (SSSR count). The minimum Gasteiger partial charge on any atom is -0.248 e. The van der Waals surface area contributed by atoms with Gasteiger partial charge in [0.1, 0.15) is 0 Å². The van der Waals surface area contributed by atoms with Crippen molar-refractivity contribution in [2.45, 2.75) is 0 Å². The van der Waals surface area contributed by atoms with E-state index >= 15 is 0 Å². The van der Waals surface area contributed by atoms with E-state index in [0.29, 0.717) is 34.9 Å². The summed E-state index contributed by atoms with van der Waals surface area (Å²) in [5, 5.41) is 0. The number of rotatable bonds is 9. The topological polar surface area (TPSA) is 90.2 Å². The first-order valence-electron chi connectivity index (χ1n) is 19.7. The molecule has 0 unspecified atom stereocenters. The highest BCUT2D eigenvalue weighted by Crippen LogP contribution is 2.36. The van der Waals surface area contributed by atoms with Gasteiger partial charge in [0, 0.05) is 44.5 Å². The van der Waals surface area contributed by atoms with Gasteiger partial charge < -0.3 is 0 Å². The predicted octanol–water partition coefficient (Wildman–Crippen LogP) is 12.5. The van der Waals surface area contributed by atoms with Crippen LogP contribution in [0.1, 0.15) is 0 Å². The van der Waals surface area contributed by atoms with Crippen LogP contribution >= 0.6 is 0 Å². The molecule has 7 heteroatoms. The number of hydrogen-bond acceptors (Lipinski definition) is 7. The van der Waals surface area contributed by atoms with Gasteiger partial charge in [0.05, 0.1) is 11.4 Å². The molecule has 60 heavy (non-hydrogen) atoms. The molecule has 3 aromatic heterocycles. The first kappa shape index (κ1) is 36.1. The van der Waals surface area contributed by atoms with E-state index in [1.165, 1.54) is 0 Å². The standard InChI is InChI=1S/C53H35N7/c1-7-19-36(20-8-1)46-34-43(35-47(54-46)37-21-9-2-10-22-37)42-31-44(52-57-48(38-23-11-3-12-24-38)55-49(58-52)39-25-13-4-14-26-39)33-45(32-42)53-59-50(40-27-15-5-16-28-40)56-51(60-53)41-29-17-6-18-30-41/h1-35H. The van der Waals surface area contributed by atoms with Crippen molar-refractivity contribution in [1.82, 2.24) is 34.9 Å². The molecule has 10 aromatic rings. The van der Waals surface area contributed by atoms with Gasteiger partial charge in [0.2, 0.25) is 0 Å². The fraction of sp³-hybridized carbons (Fsp3) is 0. The average molecular weight is 770 g/mol. The van der Waals surface area contributed by atoms with Crippen LogP contribution in [0.4, 0.5) is 0 Å². The Bertz CT molecular complexity index is 2540. The van der Waals surface area contributed by atoms with Crippen LogP contribution in [0.25, 0.3) is 102 Å². The van der Waals surface area contributed by atoms with Crippen molar-refractivity contribution in [3.8, 4) is 102 Å². The summed E-state index contributed by atoms with van der Waals surface area (Å²) in [6, 6.07) is 71.2. The maximum atomic E-state index is 5.18. The Kier molecular flexibility index (Phi) is 9.79. The normalized spacial score (nSPS) is 11.0. The number of benzene rings is 7. The smallest absolute Gasteiger partial charge is 0.164 e. The minimum absolute atomic E-state index is 0.520. The molecule has 0 radical (unpaired) electrons. The summed E-state index contributed by atoms with van der Waals surface area (Å²) < 4.78 is 0. The molecule has 0 N–H and O–H groups in total.